The van der Waals surface area contributed by atoms with E-state index in [2.05, 4.69) is 4.98 Å². The number of carbonyl (C=O) groups is 1. The summed E-state index contributed by atoms with van der Waals surface area (Å²) in [5, 5.41) is 0.966. The fourth-order valence-corrected chi connectivity index (χ4v) is 1.27. The lowest BCUT2D eigenvalue weighted by Gasteiger charge is -1.95. The molecule has 2 aromatic rings. The van der Waals surface area contributed by atoms with Crippen LogP contribution in [0.1, 0.15) is 10.4 Å². The van der Waals surface area contributed by atoms with Crippen LogP contribution in [0, 0.1) is 0 Å². The molecule has 0 atom stereocenters. The van der Waals surface area contributed by atoms with Crippen molar-refractivity contribution in [2.75, 3.05) is 0 Å². The van der Waals surface area contributed by atoms with Gasteiger partial charge in [0.15, 0.2) is 0 Å². The Hall–Kier alpha value is -1.77. The minimum Gasteiger partial charge on any atom is -0.361 e. The topological polar surface area (TPSA) is 56.7 Å². The van der Waals surface area contributed by atoms with Gasteiger partial charge in [-0.1, -0.05) is 12.1 Å². The van der Waals surface area contributed by atoms with Gasteiger partial charge in [-0.25, -0.2) is 0 Å². The van der Waals surface area contributed by atoms with E-state index in [-0.39, 0.29) is 0 Å². The first-order valence-electron chi connectivity index (χ1n) is 3.61. The second-order valence-electron chi connectivity index (χ2n) is 2.58. The smallest absolute Gasteiger partial charge is 0.271 e. The molecule has 0 spiro atoms. The number of H-pyrrole nitrogens is 1. The van der Waals surface area contributed by atoms with E-state index in [0.29, 0.717) is 5.56 Å². The van der Waals surface area contributed by atoms with Gasteiger partial charge in [0.2, 0.25) is 0 Å². The first-order valence-corrected chi connectivity index (χ1v) is 3.61. The van der Waals surface area contributed by atoms with E-state index in [4.69, 9.17) is 5.73 Å². The number of benzene rings is 1. The summed E-state index contributed by atoms with van der Waals surface area (Å²) < 4.78 is 0. The Morgan fingerprint density at radius 3 is 2.92 bits per heavy atom. The van der Waals surface area contributed by atoms with Gasteiger partial charge in [-0.3, -0.25) is 10.5 Å². The molecule has 0 saturated carbocycles. The lowest BCUT2D eigenvalue weighted by molar-refractivity contribution is 0.0993. The maximum Gasteiger partial charge on any atom is 0.271 e. The van der Waals surface area contributed by atoms with E-state index in [1.165, 1.54) is 0 Å². The number of fused-ring (bicyclic) bond motifs is 1. The number of hydrogen-bond donors (Lipinski definition) is 1. The molecule has 1 amide bonds. The number of aromatic nitrogens is 1. The Bertz CT molecular complexity index is 431. The first-order chi connectivity index (χ1) is 5.79. The van der Waals surface area contributed by atoms with E-state index in [1.807, 2.05) is 12.1 Å². The Morgan fingerprint density at radius 2 is 2.17 bits per heavy atom. The second-order valence-corrected chi connectivity index (χ2v) is 2.58. The average molecular weight is 159 g/mol. The lowest BCUT2D eigenvalue weighted by atomic mass is 10.1. The van der Waals surface area contributed by atoms with Crippen LogP contribution < -0.4 is 5.73 Å². The van der Waals surface area contributed by atoms with Crippen molar-refractivity contribution in [3.8, 4) is 0 Å². The Kier molecular flexibility index (Phi) is 1.37. The highest BCUT2D eigenvalue weighted by Crippen LogP contribution is 2.16. The normalized spacial score (nSPS) is 10.3. The van der Waals surface area contributed by atoms with Crippen molar-refractivity contribution in [2.24, 2.45) is 0 Å². The highest BCUT2D eigenvalue weighted by atomic mass is 16.1. The van der Waals surface area contributed by atoms with Crippen LogP contribution in [0.5, 0.6) is 0 Å². The van der Waals surface area contributed by atoms with Gasteiger partial charge < -0.3 is 4.98 Å². The third-order valence-electron chi connectivity index (χ3n) is 1.83. The number of amides is 1. The zero-order valence-electron chi connectivity index (χ0n) is 6.29. The van der Waals surface area contributed by atoms with Crippen LogP contribution in [0.15, 0.2) is 30.5 Å². The zero-order chi connectivity index (χ0) is 8.55. The average Bonchev–Trinajstić information content (AvgIpc) is 2.49. The van der Waals surface area contributed by atoms with E-state index >= 15 is 0 Å². The molecule has 1 aromatic heterocycles. The van der Waals surface area contributed by atoms with Crippen molar-refractivity contribution in [3.63, 3.8) is 0 Å². The second kappa shape index (κ2) is 2.37. The highest BCUT2D eigenvalue weighted by molar-refractivity contribution is 6.04. The number of aromatic amines is 1. The van der Waals surface area contributed by atoms with Gasteiger partial charge in [-0.05, 0) is 12.1 Å². The zero-order valence-corrected chi connectivity index (χ0v) is 6.29. The molecule has 0 bridgehead atoms. The molecular weight excluding hydrogens is 152 g/mol. The molecule has 3 heteroatoms. The van der Waals surface area contributed by atoms with Gasteiger partial charge in [0.1, 0.15) is 0 Å². The van der Waals surface area contributed by atoms with Crippen molar-refractivity contribution in [1.82, 2.24) is 10.7 Å². The Balaban J connectivity index is 2.82. The summed E-state index contributed by atoms with van der Waals surface area (Å²) in [7, 11) is 0. The van der Waals surface area contributed by atoms with Crippen LogP contribution in [-0.2, 0) is 0 Å². The number of carbonyl (C=O) groups excluding carboxylic acids is 1. The molecule has 0 saturated heterocycles. The first kappa shape index (κ1) is 6.91. The van der Waals surface area contributed by atoms with Crippen LogP contribution in [-0.4, -0.2) is 10.9 Å². The largest absolute Gasteiger partial charge is 0.361 e. The minimum absolute atomic E-state index is 0.428. The van der Waals surface area contributed by atoms with Gasteiger partial charge in [0, 0.05) is 11.6 Å². The third kappa shape index (κ3) is 0.871. The van der Waals surface area contributed by atoms with Crippen molar-refractivity contribution < 1.29 is 4.79 Å². The van der Waals surface area contributed by atoms with Crippen molar-refractivity contribution >= 4 is 16.8 Å². The summed E-state index contributed by atoms with van der Waals surface area (Å²) in [6.45, 7) is 0. The molecule has 1 aromatic carbocycles. The summed E-state index contributed by atoms with van der Waals surface area (Å²) in [5.74, 6) is -0.650. The fraction of sp³-hybridized carbons (Fsp3) is 0. The minimum atomic E-state index is -0.650. The third-order valence-corrected chi connectivity index (χ3v) is 1.83. The predicted molar refractivity (Wildman–Crippen MR) is 45.7 cm³/mol. The lowest BCUT2D eigenvalue weighted by Crippen LogP contribution is -1.99. The van der Waals surface area contributed by atoms with Crippen molar-refractivity contribution in [2.45, 2.75) is 0 Å². The number of hydrogen-bond acceptors (Lipinski definition) is 1. The van der Waals surface area contributed by atoms with Crippen LogP contribution in [0.2, 0.25) is 0 Å². The van der Waals surface area contributed by atoms with E-state index in [9.17, 15) is 4.79 Å². The van der Waals surface area contributed by atoms with E-state index in [0.717, 1.165) is 10.9 Å². The molecule has 0 aliphatic carbocycles. The maximum atomic E-state index is 10.8. The molecule has 2 rings (SSSR count). The van der Waals surface area contributed by atoms with Crippen molar-refractivity contribution in [3.05, 3.63) is 36.0 Å². The number of nitrogens with one attached hydrogen (secondary N) is 2. The van der Waals surface area contributed by atoms with E-state index in [1.54, 1.807) is 18.3 Å². The standard InChI is InChI=1S/C9H7N2O/c10-9(12)7-3-1-2-6-4-5-11-8(6)7/h1-5,10-11H. The van der Waals surface area contributed by atoms with Crippen molar-refractivity contribution in [1.29, 1.82) is 0 Å². The van der Waals surface area contributed by atoms with Crippen LogP contribution in [0.3, 0.4) is 0 Å². The summed E-state index contributed by atoms with van der Waals surface area (Å²) in [6, 6.07) is 7.20. The summed E-state index contributed by atoms with van der Waals surface area (Å²) in [5.41, 5.74) is 8.16. The monoisotopic (exact) mass is 159 g/mol. The number of para-hydroxylation sites is 1. The molecule has 59 valence electrons. The SMILES string of the molecule is [NH]C(=O)c1cccc2cc[nH]c12. The van der Waals surface area contributed by atoms with Gasteiger partial charge >= 0.3 is 0 Å². The molecule has 12 heavy (non-hydrogen) atoms. The molecule has 0 unspecified atom stereocenters. The summed E-state index contributed by atoms with van der Waals surface area (Å²) in [4.78, 5) is 13.7. The van der Waals surface area contributed by atoms with E-state index < -0.39 is 5.91 Å². The van der Waals surface area contributed by atoms with Gasteiger partial charge in [-0.15, -0.1) is 0 Å². The summed E-state index contributed by atoms with van der Waals surface area (Å²) in [6.07, 6.45) is 1.76. The molecule has 0 fully saturated rings. The molecule has 1 heterocycles. The molecular formula is C9H7N2O. The molecule has 1 radical (unpaired) electrons. The maximum absolute atomic E-state index is 10.8. The molecule has 0 aliphatic heterocycles. The van der Waals surface area contributed by atoms with Gasteiger partial charge in [0.05, 0.1) is 11.1 Å². The Morgan fingerprint density at radius 1 is 1.33 bits per heavy atom. The quantitative estimate of drug-likeness (QED) is 0.674. The van der Waals surface area contributed by atoms with Crippen LogP contribution in [0.4, 0.5) is 0 Å². The van der Waals surface area contributed by atoms with Gasteiger partial charge in [0.25, 0.3) is 5.91 Å². The highest BCUT2D eigenvalue weighted by Gasteiger charge is 2.06. The molecule has 3 nitrogen and oxygen atoms in total. The molecule has 2 N–H and O–H groups in total. The fourth-order valence-electron chi connectivity index (χ4n) is 1.27. The van der Waals surface area contributed by atoms with Crippen LogP contribution in [0.25, 0.3) is 10.9 Å². The van der Waals surface area contributed by atoms with Crippen LogP contribution >= 0.6 is 0 Å². The predicted octanol–water partition coefficient (Wildman–Crippen LogP) is 1.59. The molecule has 0 aliphatic rings. The number of rotatable bonds is 1. The van der Waals surface area contributed by atoms with Gasteiger partial charge in [-0.2, -0.15) is 0 Å². The Labute approximate surface area is 69.2 Å². The summed E-state index contributed by atoms with van der Waals surface area (Å²) >= 11 is 0.